The number of para-hydroxylation sites is 2. The molecule has 3 aromatic carbocycles. The summed E-state index contributed by atoms with van der Waals surface area (Å²) >= 11 is 0. The summed E-state index contributed by atoms with van der Waals surface area (Å²) in [5.74, 6) is -0.0545. The van der Waals surface area contributed by atoms with Gasteiger partial charge >= 0.3 is 0 Å². The van der Waals surface area contributed by atoms with Crippen LogP contribution in [0.2, 0.25) is 0 Å². The van der Waals surface area contributed by atoms with Crippen molar-refractivity contribution < 1.29 is 8.42 Å². The lowest BCUT2D eigenvalue weighted by Gasteiger charge is -2.20. The number of nitrogens with two attached hydrogens (primary N) is 2. The Bertz CT molecular complexity index is 1750. The van der Waals surface area contributed by atoms with E-state index in [1.807, 2.05) is 6.07 Å². The van der Waals surface area contributed by atoms with Crippen LogP contribution in [0.15, 0.2) is 101 Å². The average molecular weight is 515 g/mol. The molecule has 2 heterocycles. The minimum absolute atomic E-state index is 0. The molecule has 4 N–H and O–H groups in total. The Hall–Kier alpha value is -4.70. The molecule has 0 radical (unpaired) electrons. The topological polar surface area (TPSA) is 137 Å². The van der Waals surface area contributed by atoms with Crippen LogP contribution in [0.1, 0.15) is 7.43 Å². The van der Waals surface area contributed by atoms with E-state index in [4.69, 9.17) is 11.5 Å². The highest BCUT2D eigenvalue weighted by atomic mass is 32.2. The number of fused-ring (bicyclic) bond motifs is 1. The zero-order valence-corrected chi connectivity index (χ0v) is 20.1. The van der Waals surface area contributed by atoms with E-state index in [2.05, 4.69) is 9.97 Å². The molecule has 10 heteroatoms. The summed E-state index contributed by atoms with van der Waals surface area (Å²) in [6.07, 6.45) is 1.47. The quantitative estimate of drug-likeness (QED) is 0.361. The van der Waals surface area contributed by atoms with Crippen molar-refractivity contribution in [2.24, 2.45) is 0 Å². The SMILES string of the molecule is C.CN(c1ccccc1)S(=O)(=O)c1cc(-c2ccc3nc(N)n(-c4ccccc4)c(=O)c3c2)cnc1N. The molecule has 0 aliphatic carbocycles. The monoisotopic (exact) mass is 514 g/mol. The predicted octanol–water partition coefficient (Wildman–Crippen LogP) is 4.07. The summed E-state index contributed by atoms with van der Waals surface area (Å²) in [6, 6.07) is 24.1. The van der Waals surface area contributed by atoms with Gasteiger partial charge in [-0.1, -0.05) is 49.9 Å². The van der Waals surface area contributed by atoms with Crippen LogP contribution < -0.4 is 21.3 Å². The first-order chi connectivity index (χ1) is 17.3. The van der Waals surface area contributed by atoms with Gasteiger partial charge < -0.3 is 11.5 Å². The van der Waals surface area contributed by atoms with Gasteiger partial charge in [0, 0.05) is 18.8 Å². The predicted molar refractivity (Wildman–Crippen MR) is 148 cm³/mol. The van der Waals surface area contributed by atoms with Crippen LogP contribution in [0.3, 0.4) is 0 Å². The molecule has 188 valence electrons. The van der Waals surface area contributed by atoms with E-state index in [0.29, 0.717) is 33.4 Å². The largest absolute Gasteiger partial charge is 0.383 e. The number of rotatable bonds is 5. The second-order valence-electron chi connectivity index (χ2n) is 8.09. The van der Waals surface area contributed by atoms with E-state index in [-0.39, 0.29) is 29.6 Å². The number of nitrogens with zero attached hydrogens (tertiary/aromatic N) is 4. The highest BCUT2D eigenvalue weighted by molar-refractivity contribution is 7.93. The van der Waals surface area contributed by atoms with Crippen molar-refractivity contribution in [2.75, 3.05) is 22.8 Å². The van der Waals surface area contributed by atoms with Gasteiger partial charge in [-0.15, -0.1) is 0 Å². The lowest BCUT2D eigenvalue weighted by atomic mass is 10.1. The Balaban J connectivity index is 0.00000320. The Labute approximate surface area is 214 Å². The molecule has 0 saturated heterocycles. The zero-order chi connectivity index (χ0) is 25.4. The Morgan fingerprint density at radius 3 is 2.19 bits per heavy atom. The Kier molecular flexibility index (Phi) is 6.69. The number of aromatic nitrogens is 3. The molecule has 37 heavy (non-hydrogen) atoms. The number of sulfonamides is 1. The molecule has 5 aromatic rings. The molecule has 0 aliphatic rings. The van der Waals surface area contributed by atoms with Gasteiger partial charge in [0.25, 0.3) is 15.6 Å². The fraction of sp³-hybridized carbons (Fsp3) is 0.0741. The third-order valence-electron chi connectivity index (χ3n) is 5.88. The standard InChI is InChI=1S/C26H22N6O3S.CH4/c1-31(19-8-4-2-5-9-19)36(34,35)23-15-18(16-29-24(23)27)17-12-13-22-21(14-17)25(33)32(26(28)30-22)20-10-6-3-7-11-20;/h2-16H,1H3,(H2,27,29)(H2,28,30);1H4. The third-order valence-corrected chi connectivity index (χ3v) is 7.70. The van der Waals surface area contributed by atoms with Crippen molar-refractivity contribution >= 4 is 38.4 Å². The smallest absolute Gasteiger partial charge is 0.267 e. The van der Waals surface area contributed by atoms with E-state index >= 15 is 0 Å². The zero-order valence-electron chi connectivity index (χ0n) is 19.2. The Morgan fingerprint density at radius 2 is 1.51 bits per heavy atom. The van der Waals surface area contributed by atoms with Gasteiger partial charge in [0.1, 0.15) is 10.7 Å². The molecule has 0 atom stereocenters. The van der Waals surface area contributed by atoms with Crippen LogP contribution in [0.25, 0.3) is 27.7 Å². The second kappa shape index (κ2) is 9.75. The number of hydrogen-bond acceptors (Lipinski definition) is 7. The molecule has 0 fully saturated rings. The van der Waals surface area contributed by atoms with Crippen molar-refractivity contribution in [1.29, 1.82) is 0 Å². The highest BCUT2D eigenvalue weighted by Gasteiger charge is 2.25. The average Bonchev–Trinajstić information content (AvgIpc) is 2.89. The van der Waals surface area contributed by atoms with Crippen molar-refractivity contribution in [3.05, 3.63) is 101 Å². The van der Waals surface area contributed by atoms with Crippen molar-refractivity contribution in [3.8, 4) is 16.8 Å². The van der Waals surface area contributed by atoms with E-state index in [1.165, 1.54) is 23.9 Å². The fourth-order valence-electron chi connectivity index (χ4n) is 3.95. The summed E-state index contributed by atoms with van der Waals surface area (Å²) in [5.41, 5.74) is 14.3. The summed E-state index contributed by atoms with van der Waals surface area (Å²) < 4.78 is 29.2. The maximum Gasteiger partial charge on any atom is 0.267 e. The number of benzene rings is 3. The normalized spacial score (nSPS) is 11.2. The lowest BCUT2D eigenvalue weighted by molar-refractivity contribution is 0.594. The molecule has 0 spiro atoms. The summed E-state index contributed by atoms with van der Waals surface area (Å²) in [6.45, 7) is 0. The number of anilines is 3. The first-order valence-corrected chi connectivity index (χ1v) is 12.4. The van der Waals surface area contributed by atoms with Gasteiger partial charge in [0.15, 0.2) is 0 Å². The second-order valence-corrected chi connectivity index (χ2v) is 10.0. The third kappa shape index (κ3) is 4.50. The fourth-order valence-corrected chi connectivity index (χ4v) is 5.24. The van der Waals surface area contributed by atoms with Crippen LogP contribution in [-0.2, 0) is 10.0 Å². The van der Waals surface area contributed by atoms with Crippen molar-refractivity contribution in [1.82, 2.24) is 14.5 Å². The molecule has 2 aromatic heterocycles. The number of pyridine rings is 1. The number of nitrogen functional groups attached to an aromatic ring is 2. The van der Waals surface area contributed by atoms with Gasteiger partial charge in [0.2, 0.25) is 5.95 Å². The first kappa shape index (κ1) is 25.4. The molecular weight excluding hydrogens is 488 g/mol. The maximum absolute atomic E-state index is 13.4. The van der Waals surface area contributed by atoms with E-state index in [9.17, 15) is 13.2 Å². The maximum atomic E-state index is 13.4. The summed E-state index contributed by atoms with van der Waals surface area (Å²) in [5, 5.41) is 0.327. The number of hydrogen-bond donors (Lipinski definition) is 2. The van der Waals surface area contributed by atoms with Gasteiger partial charge in [0.05, 0.1) is 22.3 Å². The minimum atomic E-state index is -4.00. The van der Waals surface area contributed by atoms with E-state index in [0.717, 1.165) is 4.31 Å². The molecule has 9 nitrogen and oxygen atoms in total. The van der Waals surface area contributed by atoms with Crippen LogP contribution in [0, 0.1) is 0 Å². The lowest BCUT2D eigenvalue weighted by Crippen LogP contribution is -2.27. The highest BCUT2D eigenvalue weighted by Crippen LogP contribution is 2.30. The van der Waals surface area contributed by atoms with Gasteiger partial charge in [-0.05, 0) is 48.0 Å². The minimum Gasteiger partial charge on any atom is -0.383 e. The molecule has 0 amide bonds. The van der Waals surface area contributed by atoms with Crippen LogP contribution in [-0.4, -0.2) is 30.0 Å². The molecular formula is C27H26N6O3S. The summed E-state index contributed by atoms with van der Waals surface area (Å²) in [7, 11) is -2.55. The van der Waals surface area contributed by atoms with Gasteiger partial charge in [-0.3, -0.25) is 9.10 Å². The molecule has 0 bridgehead atoms. The van der Waals surface area contributed by atoms with Crippen LogP contribution >= 0.6 is 0 Å². The van der Waals surface area contributed by atoms with E-state index in [1.54, 1.807) is 72.8 Å². The molecule has 0 saturated carbocycles. The van der Waals surface area contributed by atoms with Crippen molar-refractivity contribution in [3.63, 3.8) is 0 Å². The van der Waals surface area contributed by atoms with Gasteiger partial charge in [-0.25, -0.2) is 23.0 Å². The van der Waals surface area contributed by atoms with E-state index < -0.39 is 10.0 Å². The first-order valence-electron chi connectivity index (χ1n) is 10.9. The van der Waals surface area contributed by atoms with Gasteiger partial charge in [-0.2, -0.15) is 0 Å². The van der Waals surface area contributed by atoms with Crippen molar-refractivity contribution in [2.45, 2.75) is 12.3 Å². The Morgan fingerprint density at radius 1 is 0.865 bits per heavy atom. The summed E-state index contributed by atoms with van der Waals surface area (Å²) in [4.78, 5) is 21.7. The molecule has 0 unspecified atom stereocenters. The molecule has 0 aliphatic heterocycles. The molecule has 5 rings (SSSR count). The van der Waals surface area contributed by atoms with Crippen LogP contribution in [0.5, 0.6) is 0 Å². The van der Waals surface area contributed by atoms with Crippen LogP contribution in [0.4, 0.5) is 17.5 Å².